The molecule has 2 rings (SSSR count). The lowest BCUT2D eigenvalue weighted by atomic mass is 9.78. The number of pyridine rings is 1. The van der Waals surface area contributed by atoms with E-state index in [9.17, 15) is 8.42 Å². The highest BCUT2D eigenvalue weighted by Crippen LogP contribution is 2.31. The standard InChI is InChI=1S/C15H25N3O2S/c1-11(2)12-7-4-5-8-13(12)18-21(19,20)15-14(16-3)9-6-10-17-15/h6,9-13,16,18H,4-5,7-8H2,1-3H3. The Hall–Kier alpha value is -1.14. The minimum absolute atomic E-state index is 0.00969. The molecule has 2 atom stereocenters. The Morgan fingerprint density at radius 2 is 2.00 bits per heavy atom. The number of nitrogens with zero attached hydrogens (tertiary/aromatic N) is 1. The summed E-state index contributed by atoms with van der Waals surface area (Å²) in [5, 5.41) is 2.98. The van der Waals surface area contributed by atoms with Gasteiger partial charge in [-0.05, 0) is 36.8 Å². The summed E-state index contributed by atoms with van der Waals surface area (Å²) in [5.74, 6) is 0.876. The van der Waals surface area contributed by atoms with Crippen molar-refractivity contribution in [3.63, 3.8) is 0 Å². The molecule has 1 saturated carbocycles. The van der Waals surface area contributed by atoms with Crippen LogP contribution in [0.25, 0.3) is 0 Å². The van der Waals surface area contributed by atoms with Gasteiger partial charge >= 0.3 is 0 Å². The first-order valence-electron chi connectivity index (χ1n) is 7.61. The van der Waals surface area contributed by atoms with Crippen LogP contribution in [0.4, 0.5) is 5.69 Å². The number of aromatic nitrogens is 1. The minimum Gasteiger partial charge on any atom is -0.386 e. The van der Waals surface area contributed by atoms with E-state index in [1.165, 1.54) is 12.6 Å². The van der Waals surface area contributed by atoms with Crippen LogP contribution in [0.1, 0.15) is 39.5 Å². The molecule has 0 saturated heterocycles. The molecule has 0 aromatic carbocycles. The fraction of sp³-hybridized carbons (Fsp3) is 0.667. The number of sulfonamides is 1. The number of nitrogens with one attached hydrogen (secondary N) is 2. The van der Waals surface area contributed by atoms with Crippen LogP contribution in [0.5, 0.6) is 0 Å². The highest BCUT2D eigenvalue weighted by atomic mass is 32.2. The van der Waals surface area contributed by atoms with E-state index in [2.05, 4.69) is 28.9 Å². The van der Waals surface area contributed by atoms with Crippen molar-refractivity contribution in [2.24, 2.45) is 11.8 Å². The van der Waals surface area contributed by atoms with Gasteiger partial charge in [0.2, 0.25) is 0 Å². The second kappa shape index (κ2) is 6.75. The number of rotatable bonds is 5. The predicted molar refractivity (Wildman–Crippen MR) is 84.7 cm³/mol. The molecule has 0 bridgehead atoms. The van der Waals surface area contributed by atoms with Crippen LogP contribution in [-0.2, 0) is 10.0 Å². The highest BCUT2D eigenvalue weighted by Gasteiger charge is 2.32. The van der Waals surface area contributed by atoms with Crippen LogP contribution in [-0.4, -0.2) is 26.5 Å². The van der Waals surface area contributed by atoms with E-state index in [1.807, 2.05) is 0 Å². The molecule has 118 valence electrons. The maximum Gasteiger partial charge on any atom is 0.260 e. The van der Waals surface area contributed by atoms with Crippen molar-refractivity contribution in [2.75, 3.05) is 12.4 Å². The second-order valence-corrected chi connectivity index (χ2v) is 7.66. The molecule has 2 N–H and O–H groups in total. The zero-order valence-electron chi connectivity index (χ0n) is 13.0. The molecule has 5 nitrogen and oxygen atoms in total. The summed E-state index contributed by atoms with van der Waals surface area (Å²) in [5.41, 5.74) is 0.530. The first kappa shape index (κ1) is 16.2. The number of anilines is 1. The smallest absolute Gasteiger partial charge is 0.260 e. The molecule has 1 aromatic rings. The Kier molecular flexibility index (Phi) is 5.22. The predicted octanol–water partition coefficient (Wildman–Crippen LogP) is 2.62. The van der Waals surface area contributed by atoms with Gasteiger partial charge in [0, 0.05) is 19.3 Å². The van der Waals surface area contributed by atoms with E-state index in [0.717, 1.165) is 19.3 Å². The van der Waals surface area contributed by atoms with Gasteiger partial charge in [-0.3, -0.25) is 0 Å². The Balaban J connectivity index is 2.24. The molecular weight excluding hydrogens is 286 g/mol. The SMILES string of the molecule is CNc1cccnc1S(=O)(=O)NC1CCCCC1C(C)C. The fourth-order valence-electron chi connectivity index (χ4n) is 3.15. The maximum atomic E-state index is 12.6. The number of hydrogen-bond donors (Lipinski definition) is 2. The van der Waals surface area contributed by atoms with Crippen LogP contribution in [0.15, 0.2) is 23.4 Å². The van der Waals surface area contributed by atoms with Crippen molar-refractivity contribution >= 4 is 15.7 Å². The van der Waals surface area contributed by atoms with Gasteiger partial charge in [-0.1, -0.05) is 26.7 Å². The van der Waals surface area contributed by atoms with E-state index in [-0.39, 0.29) is 11.1 Å². The topological polar surface area (TPSA) is 71.1 Å². The molecular formula is C15H25N3O2S. The van der Waals surface area contributed by atoms with Gasteiger partial charge < -0.3 is 5.32 Å². The molecule has 0 amide bonds. The second-order valence-electron chi connectivity index (χ2n) is 6.03. The highest BCUT2D eigenvalue weighted by molar-refractivity contribution is 7.89. The molecule has 1 aliphatic carbocycles. The van der Waals surface area contributed by atoms with Gasteiger partial charge in [-0.15, -0.1) is 0 Å². The van der Waals surface area contributed by atoms with Crippen molar-refractivity contribution in [3.05, 3.63) is 18.3 Å². The summed E-state index contributed by atoms with van der Waals surface area (Å²) in [7, 11) is -1.89. The lowest BCUT2D eigenvalue weighted by molar-refractivity contribution is 0.226. The Labute approximate surface area is 127 Å². The van der Waals surface area contributed by atoms with Crippen LogP contribution in [0, 0.1) is 11.8 Å². The van der Waals surface area contributed by atoms with Crippen molar-refractivity contribution in [3.8, 4) is 0 Å². The number of hydrogen-bond acceptors (Lipinski definition) is 4. The molecule has 0 aliphatic heterocycles. The largest absolute Gasteiger partial charge is 0.386 e. The summed E-state index contributed by atoms with van der Waals surface area (Å²) < 4.78 is 28.2. The third-order valence-electron chi connectivity index (χ3n) is 4.28. The lowest BCUT2D eigenvalue weighted by Crippen LogP contribution is -2.44. The van der Waals surface area contributed by atoms with Crippen LogP contribution < -0.4 is 10.0 Å². The first-order chi connectivity index (χ1) is 9.95. The molecule has 1 fully saturated rings. The van der Waals surface area contributed by atoms with Crippen molar-refractivity contribution in [1.29, 1.82) is 0 Å². The summed E-state index contributed by atoms with van der Waals surface area (Å²) in [6.07, 6.45) is 5.77. The van der Waals surface area contributed by atoms with Gasteiger partial charge in [0.25, 0.3) is 10.0 Å². The average Bonchev–Trinajstić information content (AvgIpc) is 2.47. The summed E-state index contributed by atoms with van der Waals surface area (Å²) in [6.45, 7) is 4.33. The third kappa shape index (κ3) is 3.74. The quantitative estimate of drug-likeness (QED) is 0.877. The molecule has 21 heavy (non-hydrogen) atoms. The summed E-state index contributed by atoms with van der Waals surface area (Å²) >= 11 is 0. The van der Waals surface area contributed by atoms with E-state index in [4.69, 9.17) is 0 Å². The van der Waals surface area contributed by atoms with Crippen molar-refractivity contribution in [1.82, 2.24) is 9.71 Å². The third-order valence-corrected chi connectivity index (χ3v) is 5.72. The van der Waals surface area contributed by atoms with Crippen molar-refractivity contribution in [2.45, 2.75) is 50.6 Å². The van der Waals surface area contributed by atoms with Gasteiger partial charge in [0.05, 0.1) is 5.69 Å². The van der Waals surface area contributed by atoms with E-state index in [0.29, 0.717) is 17.5 Å². The van der Waals surface area contributed by atoms with Gasteiger partial charge in [-0.25, -0.2) is 18.1 Å². The summed E-state index contributed by atoms with van der Waals surface area (Å²) in [4.78, 5) is 4.04. The molecule has 0 radical (unpaired) electrons. The molecule has 2 unspecified atom stereocenters. The Morgan fingerprint density at radius 3 is 2.67 bits per heavy atom. The Bertz CT molecular complexity index is 572. The van der Waals surface area contributed by atoms with E-state index < -0.39 is 10.0 Å². The first-order valence-corrected chi connectivity index (χ1v) is 9.09. The summed E-state index contributed by atoms with van der Waals surface area (Å²) in [6, 6.07) is 3.46. The molecule has 6 heteroatoms. The normalized spacial score (nSPS) is 23.2. The van der Waals surface area contributed by atoms with Crippen LogP contribution >= 0.6 is 0 Å². The lowest BCUT2D eigenvalue weighted by Gasteiger charge is -2.34. The molecule has 0 spiro atoms. The van der Waals surface area contributed by atoms with E-state index >= 15 is 0 Å². The molecule has 1 aliphatic rings. The minimum atomic E-state index is -3.59. The zero-order valence-corrected chi connectivity index (χ0v) is 13.8. The Morgan fingerprint density at radius 1 is 1.29 bits per heavy atom. The molecule has 1 heterocycles. The molecule has 1 aromatic heterocycles. The van der Waals surface area contributed by atoms with Crippen molar-refractivity contribution < 1.29 is 8.42 Å². The average molecular weight is 311 g/mol. The van der Waals surface area contributed by atoms with Gasteiger partial charge in [0.15, 0.2) is 5.03 Å². The van der Waals surface area contributed by atoms with Crippen LogP contribution in [0.2, 0.25) is 0 Å². The van der Waals surface area contributed by atoms with Gasteiger partial charge in [-0.2, -0.15) is 0 Å². The zero-order chi connectivity index (χ0) is 15.5. The maximum absolute atomic E-state index is 12.6. The van der Waals surface area contributed by atoms with E-state index in [1.54, 1.807) is 19.2 Å². The fourth-order valence-corrected chi connectivity index (χ4v) is 4.62. The van der Waals surface area contributed by atoms with Crippen LogP contribution in [0.3, 0.4) is 0 Å². The monoisotopic (exact) mass is 311 g/mol. The van der Waals surface area contributed by atoms with Gasteiger partial charge in [0.1, 0.15) is 0 Å².